The van der Waals surface area contributed by atoms with Gasteiger partial charge in [0.15, 0.2) is 0 Å². The maximum Gasteiger partial charge on any atom is 0.257 e. The van der Waals surface area contributed by atoms with Crippen LogP contribution in [0.5, 0.6) is 5.75 Å². The molecule has 0 radical (unpaired) electrons. The van der Waals surface area contributed by atoms with E-state index in [0.717, 1.165) is 5.56 Å². The van der Waals surface area contributed by atoms with Crippen molar-refractivity contribution in [3.8, 4) is 5.75 Å². The maximum absolute atomic E-state index is 10.8. The van der Waals surface area contributed by atoms with Gasteiger partial charge in [0, 0.05) is 17.1 Å². The quantitative estimate of drug-likeness (QED) is 0.812. The van der Waals surface area contributed by atoms with Gasteiger partial charge in [-0.3, -0.25) is 0 Å². The van der Waals surface area contributed by atoms with Crippen molar-refractivity contribution < 1.29 is 13.5 Å². The van der Waals surface area contributed by atoms with Crippen LogP contribution in [0.3, 0.4) is 0 Å². The monoisotopic (exact) mass is 232 g/mol. The van der Waals surface area contributed by atoms with E-state index in [1.54, 1.807) is 12.1 Å². The molecule has 3 nitrogen and oxygen atoms in total. The summed E-state index contributed by atoms with van der Waals surface area (Å²) in [6.07, 6.45) is 0.159. The SMILES string of the molecule is C=C(Cc1ccc(O)cc1)S(=O)(=O)Cl. The topological polar surface area (TPSA) is 54.4 Å². The Kier molecular flexibility index (Phi) is 3.18. The molecule has 0 aliphatic rings. The Morgan fingerprint density at radius 3 is 2.29 bits per heavy atom. The van der Waals surface area contributed by atoms with Gasteiger partial charge in [-0.1, -0.05) is 18.7 Å². The Morgan fingerprint density at radius 1 is 1.36 bits per heavy atom. The molecule has 76 valence electrons. The number of hydrogen-bond acceptors (Lipinski definition) is 3. The largest absolute Gasteiger partial charge is 0.508 e. The molecule has 0 unspecified atom stereocenters. The Morgan fingerprint density at radius 2 is 1.86 bits per heavy atom. The Labute approximate surface area is 87.1 Å². The molecule has 0 spiro atoms. The highest BCUT2D eigenvalue weighted by Gasteiger charge is 2.11. The van der Waals surface area contributed by atoms with Gasteiger partial charge >= 0.3 is 0 Å². The number of rotatable bonds is 3. The number of phenols is 1. The fraction of sp³-hybridized carbons (Fsp3) is 0.111. The summed E-state index contributed by atoms with van der Waals surface area (Å²) in [6.45, 7) is 3.36. The van der Waals surface area contributed by atoms with Gasteiger partial charge in [0.1, 0.15) is 5.75 Å². The third-order valence-corrected chi connectivity index (χ3v) is 3.17. The van der Waals surface area contributed by atoms with Crippen molar-refractivity contribution in [2.75, 3.05) is 0 Å². The van der Waals surface area contributed by atoms with E-state index in [2.05, 4.69) is 6.58 Å². The minimum Gasteiger partial charge on any atom is -0.508 e. The Bertz CT molecular complexity index is 434. The van der Waals surface area contributed by atoms with E-state index in [1.807, 2.05) is 0 Å². The molecule has 0 amide bonds. The predicted octanol–water partition coefficient (Wildman–Crippen LogP) is 2.02. The van der Waals surface area contributed by atoms with Crippen molar-refractivity contribution in [3.63, 3.8) is 0 Å². The van der Waals surface area contributed by atoms with E-state index in [4.69, 9.17) is 15.8 Å². The average molecular weight is 233 g/mol. The van der Waals surface area contributed by atoms with Crippen LogP contribution in [-0.2, 0) is 15.5 Å². The average Bonchev–Trinajstić information content (AvgIpc) is 2.07. The highest BCUT2D eigenvalue weighted by molar-refractivity contribution is 8.16. The van der Waals surface area contributed by atoms with E-state index >= 15 is 0 Å². The summed E-state index contributed by atoms with van der Waals surface area (Å²) in [5, 5.41) is 8.98. The number of allylic oxidation sites excluding steroid dienone is 1. The second-order valence-electron chi connectivity index (χ2n) is 2.82. The normalized spacial score (nSPS) is 11.2. The first-order valence-corrected chi connectivity index (χ1v) is 6.11. The second-order valence-corrected chi connectivity index (χ2v) is 5.49. The lowest BCUT2D eigenvalue weighted by molar-refractivity contribution is 0.475. The van der Waals surface area contributed by atoms with Gasteiger partial charge < -0.3 is 5.11 Å². The lowest BCUT2D eigenvalue weighted by Crippen LogP contribution is -1.97. The van der Waals surface area contributed by atoms with Crippen LogP contribution in [0.1, 0.15) is 5.56 Å². The summed E-state index contributed by atoms with van der Waals surface area (Å²) >= 11 is 0. The van der Waals surface area contributed by atoms with Crippen molar-refractivity contribution >= 4 is 19.7 Å². The number of benzene rings is 1. The first-order valence-electron chi connectivity index (χ1n) is 3.80. The molecular formula is C9H9ClO3S. The number of halogens is 1. The fourth-order valence-electron chi connectivity index (χ4n) is 0.928. The summed E-state index contributed by atoms with van der Waals surface area (Å²) < 4.78 is 21.6. The molecule has 14 heavy (non-hydrogen) atoms. The van der Waals surface area contributed by atoms with Crippen LogP contribution in [0.2, 0.25) is 0 Å². The molecule has 0 saturated heterocycles. The standard InChI is InChI=1S/C9H9ClO3S/c1-7(14(10,12)13)6-8-2-4-9(11)5-3-8/h2-5,11H,1,6H2. The Hall–Kier alpha value is -1.000. The van der Waals surface area contributed by atoms with Gasteiger partial charge in [-0.15, -0.1) is 0 Å². The van der Waals surface area contributed by atoms with E-state index in [9.17, 15) is 8.42 Å². The number of aromatic hydroxyl groups is 1. The first kappa shape index (κ1) is 11.1. The van der Waals surface area contributed by atoms with E-state index < -0.39 is 9.05 Å². The summed E-state index contributed by atoms with van der Waals surface area (Å²) in [7, 11) is 1.39. The first-order chi connectivity index (χ1) is 6.39. The van der Waals surface area contributed by atoms with Gasteiger partial charge in [-0.25, -0.2) is 8.42 Å². The lowest BCUT2D eigenvalue weighted by atomic mass is 10.1. The van der Waals surface area contributed by atoms with Crippen LogP contribution in [0.25, 0.3) is 0 Å². The van der Waals surface area contributed by atoms with Crippen LogP contribution in [0.15, 0.2) is 35.7 Å². The molecule has 0 aliphatic carbocycles. The third kappa shape index (κ3) is 3.05. The van der Waals surface area contributed by atoms with Gasteiger partial charge in [0.05, 0.1) is 4.91 Å². The summed E-state index contributed by atoms with van der Waals surface area (Å²) in [6, 6.07) is 6.18. The molecule has 1 N–H and O–H groups in total. The summed E-state index contributed by atoms with van der Waals surface area (Å²) in [4.78, 5) is -0.0511. The molecule has 0 atom stereocenters. The maximum atomic E-state index is 10.8. The molecule has 1 rings (SSSR count). The number of hydrogen-bond donors (Lipinski definition) is 1. The van der Waals surface area contributed by atoms with Gasteiger partial charge in [0.25, 0.3) is 9.05 Å². The van der Waals surface area contributed by atoms with Crippen molar-refractivity contribution in [2.45, 2.75) is 6.42 Å². The van der Waals surface area contributed by atoms with Crippen LogP contribution in [0, 0.1) is 0 Å². The second kappa shape index (κ2) is 4.02. The molecule has 1 aromatic carbocycles. The zero-order chi connectivity index (χ0) is 10.8. The van der Waals surface area contributed by atoms with E-state index in [-0.39, 0.29) is 17.1 Å². The fourth-order valence-corrected chi connectivity index (χ4v) is 1.43. The van der Waals surface area contributed by atoms with Gasteiger partial charge in [-0.05, 0) is 17.7 Å². The smallest absolute Gasteiger partial charge is 0.257 e. The summed E-state index contributed by atoms with van der Waals surface area (Å²) in [5.41, 5.74) is 0.733. The highest BCUT2D eigenvalue weighted by Crippen LogP contribution is 2.17. The molecule has 0 heterocycles. The molecule has 0 saturated carbocycles. The minimum absolute atomic E-state index is 0.0511. The molecule has 5 heteroatoms. The van der Waals surface area contributed by atoms with Crippen molar-refractivity contribution in [2.24, 2.45) is 0 Å². The molecular weight excluding hydrogens is 224 g/mol. The molecule has 1 aromatic rings. The number of phenolic OH excluding ortho intramolecular Hbond substituents is 1. The van der Waals surface area contributed by atoms with Crippen LogP contribution >= 0.6 is 10.7 Å². The molecule has 0 aliphatic heterocycles. The zero-order valence-electron chi connectivity index (χ0n) is 7.27. The van der Waals surface area contributed by atoms with Crippen molar-refractivity contribution in [1.29, 1.82) is 0 Å². The van der Waals surface area contributed by atoms with Crippen LogP contribution in [-0.4, -0.2) is 13.5 Å². The van der Waals surface area contributed by atoms with E-state index in [0.29, 0.717) is 0 Å². The third-order valence-electron chi connectivity index (χ3n) is 1.68. The highest BCUT2D eigenvalue weighted by atomic mass is 35.7. The Balaban J connectivity index is 2.81. The summed E-state index contributed by atoms with van der Waals surface area (Å²) in [5.74, 6) is 0.132. The molecule has 0 bridgehead atoms. The molecule has 0 fully saturated rings. The van der Waals surface area contributed by atoms with E-state index in [1.165, 1.54) is 12.1 Å². The van der Waals surface area contributed by atoms with Crippen LogP contribution in [0.4, 0.5) is 0 Å². The van der Waals surface area contributed by atoms with Crippen molar-refractivity contribution in [1.82, 2.24) is 0 Å². The molecule has 0 aromatic heterocycles. The zero-order valence-corrected chi connectivity index (χ0v) is 8.85. The van der Waals surface area contributed by atoms with Crippen molar-refractivity contribution in [3.05, 3.63) is 41.3 Å². The lowest BCUT2D eigenvalue weighted by Gasteiger charge is -2.01. The predicted molar refractivity (Wildman–Crippen MR) is 55.7 cm³/mol. The minimum atomic E-state index is -3.70. The van der Waals surface area contributed by atoms with Gasteiger partial charge in [0.2, 0.25) is 0 Å². The van der Waals surface area contributed by atoms with Gasteiger partial charge in [-0.2, -0.15) is 0 Å². The van der Waals surface area contributed by atoms with Crippen LogP contribution < -0.4 is 0 Å².